The lowest BCUT2D eigenvalue weighted by molar-refractivity contribution is 0.675. The molecule has 96 valence electrons. The highest BCUT2D eigenvalue weighted by Gasteiger charge is 2.08. The van der Waals surface area contributed by atoms with Crippen molar-refractivity contribution in [2.24, 2.45) is 0 Å². The highest BCUT2D eigenvalue weighted by Crippen LogP contribution is 2.11. The van der Waals surface area contributed by atoms with Crippen molar-refractivity contribution in [3.63, 3.8) is 0 Å². The van der Waals surface area contributed by atoms with Crippen molar-refractivity contribution in [3.8, 4) is 0 Å². The average molecular weight is 245 g/mol. The fraction of sp³-hybridized carbons (Fsp3) is 0.462. The summed E-state index contributed by atoms with van der Waals surface area (Å²) in [4.78, 5) is 6.68. The largest absolute Gasteiger partial charge is 0.339 e. The van der Waals surface area contributed by atoms with Crippen LogP contribution in [0, 0.1) is 0 Å². The Morgan fingerprint density at radius 2 is 1.89 bits per heavy atom. The average Bonchev–Trinajstić information content (AvgIpc) is 2.43. The van der Waals surface area contributed by atoms with Crippen molar-refractivity contribution in [2.75, 3.05) is 31.1 Å². The minimum Gasteiger partial charge on any atom is -0.339 e. The number of para-hydroxylation sites is 1. The SMILES string of the molecule is CCNCCN(CC)c1nnc2ccccc2n1. The molecule has 1 heterocycles. The molecule has 0 aliphatic heterocycles. The highest BCUT2D eigenvalue weighted by molar-refractivity contribution is 5.74. The Bertz CT molecular complexity index is 499. The van der Waals surface area contributed by atoms with Gasteiger partial charge in [-0.2, -0.15) is 0 Å². The molecule has 0 atom stereocenters. The third kappa shape index (κ3) is 2.92. The first-order valence-corrected chi connectivity index (χ1v) is 6.40. The summed E-state index contributed by atoms with van der Waals surface area (Å²) in [6, 6.07) is 7.80. The fourth-order valence-corrected chi connectivity index (χ4v) is 1.80. The zero-order chi connectivity index (χ0) is 12.8. The van der Waals surface area contributed by atoms with Crippen LogP contribution in [0.3, 0.4) is 0 Å². The van der Waals surface area contributed by atoms with E-state index in [-0.39, 0.29) is 0 Å². The number of aromatic nitrogens is 3. The maximum atomic E-state index is 4.55. The van der Waals surface area contributed by atoms with E-state index in [9.17, 15) is 0 Å². The van der Waals surface area contributed by atoms with E-state index >= 15 is 0 Å². The zero-order valence-corrected chi connectivity index (χ0v) is 10.9. The first-order valence-electron chi connectivity index (χ1n) is 6.40. The maximum Gasteiger partial charge on any atom is 0.245 e. The fourth-order valence-electron chi connectivity index (χ4n) is 1.80. The van der Waals surface area contributed by atoms with Crippen LogP contribution in [0.5, 0.6) is 0 Å². The van der Waals surface area contributed by atoms with Gasteiger partial charge >= 0.3 is 0 Å². The van der Waals surface area contributed by atoms with Gasteiger partial charge in [-0.05, 0) is 25.6 Å². The standard InChI is InChI=1S/C13H19N5/c1-3-14-9-10-18(4-2)13-15-11-7-5-6-8-12(11)16-17-13/h5-8,14H,3-4,9-10H2,1-2H3. The van der Waals surface area contributed by atoms with Gasteiger partial charge in [0.2, 0.25) is 5.95 Å². The maximum absolute atomic E-state index is 4.55. The molecule has 0 bridgehead atoms. The summed E-state index contributed by atoms with van der Waals surface area (Å²) >= 11 is 0. The van der Waals surface area contributed by atoms with Crippen LogP contribution in [0.1, 0.15) is 13.8 Å². The van der Waals surface area contributed by atoms with Gasteiger partial charge in [-0.3, -0.25) is 0 Å². The van der Waals surface area contributed by atoms with Crippen LogP contribution in [0.15, 0.2) is 24.3 Å². The van der Waals surface area contributed by atoms with Crippen molar-refractivity contribution in [3.05, 3.63) is 24.3 Å². The Kier molecular flexibility index (Phi) is 4.41. The van der Waals surface area contributed by atoms with E-state index in [2.05, 4.69) is 39.2 Å². The summed E-state index contributed by atoms with van der Waals surface area (Å²) in [5.41, 5.74) is 1.73. The van der Waals surface area contributed by atoms with Crippen LogP contribution in [0.4, 0.5) is 5.95 Å². The first kappa shape index (κ1) is 12.7. The predicted molar refractivity (Wildman–Crippen MR) is 73.8 cm³/mol. The summed E-state index contributed by atoms with van der Waals surface area (Å²) in [6.07, 6.45) is 0. The smallest absolute Gasteiger partial charge is 0.245 e. The molecule has 1 aromatic heterocycles. The molecule has 1 N–H and O–H groups in total. The van der Waals surface area contributed by atoms with Crippen LogP contribution in [-0.2, 0) is 0 Å². The van der Waals surface area contributed by atoms with E-state index in [0.717, 1.165) is 37.2 Å². The summed E-state index contributed by atoms with van der Waals surface area (Å²) in [5, 5.41) is 11.7. The van der Waals surface area contributed by atoms with Crippen LogP contribution < -0.4 is 10.2 Å². The topological polar surface area (TPSA) is 53.9 Å². The Balaban J connectivity index is 2.17. The van der Waals surface area contributed by atoms with Gasteiger partial charge in [-0.25, -0.2) is 4.98 Å². The number of nitrogens with zero attached hydrogens (tertiary/aromatic N) is 4. The second-order valence-corrected chi connectivity index (χ2v) is 4.03. The van der Waals surface area contributed by atoms with Crippen molar-refractivity contribution < 1.29 is 0 Å². The molecule has 0 radical (unpaired) electrons. The van der Waals surface area contributed by atoms with Gasteiger partial charge in [0.1, 0.15) is 5.52 Å². The van der Waals surface area contributed by atoms with Gasteiger partial charge < -0.3 is 10.2 Å². The summed E-state index contributed by atoms with van der Waals surface area (Å²) in [6.45, 7) is 7.89. The molecular weight excluding hydrogens is 226 g/mol. The number of hydrogen-bond donors (Lipinski definition) is 1. The number of anilines is 1. The van der Waals surface area contributed by atoms with Gasteiger partial charge in [0.15, 0.2) is 0 Å². The van der Waals surface area contributed by atoms with Gasteiger partial charge in [0.25, 0.3) is 0 Å². The highest BCUT2D eigenvalue weighted by atomic mass is 15.3. The van der Waals surface area contributed by atoms with Crippen LogP contribution in [-0.4, -0.2) is 41.4 Å². The number of benzene rings is 1. The van der Waals surface area contributed by atoms with Crippen molar-refractivity contribution in [1.82, 2.24) is 20.5 Å². The minimum atomic E-state index is 0.703. The first-order chi connectivity index (χ1) is 8.85. The molecule has 5 heteroatoms. The van der Waals surface area contributed by atoms with Crippen LogP contribution in [0.25, 0.3) is 11.0 Å². The lowest BCUT2D eigenvalue weighted by Gasteiger charge is -2.20. The van der Waals surface area contributed by atoms with E-state index in [1.54, 1.807) is 0 Å². The van der Waals surface area contributed by atoms with Crippen LogP contribution in [0.2, 0.25) is 0 Å². The molecule has 0 saturated heterocycles. The normalized spacial score (nSPS) is 10.8. The van der Waals surface area contributed by atoms with E-state index < -0.39 is 0 Å². The van der Waals surface area contributed by atoms with Crippen molar-refractivity contribution in [2.45, 2.75) is 13.8 Å². The monoisotopic (exact) mass is 245 g/mol. The Hall–Kier alpha value is -1.75. The number of likely N-dealkylation sites (N-methyl/N-ethyl adjacent to an activating group) is 2. The third-order valence-corrected chi connectivity index (χ3v) is 2.82. The molecule has 0 saturated carbocycles. The molecule has 2 rings (SSSR count). The number of fused-ring (bicyclic) bond motifs is 1. The van der Waals surface area contributed by atoms with Gasteiger partial charge in [0, 0.05) is 19.6 Å². The van der Waals surface area contributed by atoms with Crippen molar-refractivity contribution in [1.29, 1.82) is 0 Å². The van der Waals surface area contributed by atoms with Crippen molar-refractivity contribution >= 4 is 17.0 Å². The molecule has 0 aliphatic carbocycles. The zero-order valence-electron chi connectivity index (χ0n) is 10.9. The van der Waals surface area contributed by atoms with Gasteiger partial charge in [-0.1, -0.05) is 19.1 Å². The Labute approximate surface area is 107 Å². The van der Waals surface area contributed by atoms with E-state index in [4.69, 9.17) is 0 Å². The second kappa shape index (κ2) is 6.26. The lowest BCUT2D eigenvalue weighted by atomic mass is 10.3. The lowest BCUT2D eigenvalue weighted by Crippen LogP contribution is -2.33. The summed E-state index contributed by atoms with van der Waals surface area (Å²) < 4.78 is 0. The molecule has 0 spiro atoms. The third-order valence-electron chi connectivity index (χ3n) is 2.82. The molecule has 5 nitrogen and oxygen atoms in total. The Morgan fingerprint density at radius 1 is 1.11 bits per heavy atom. The minimum absolute atomic E-state index is 0.703. The van der Waals surface area contributed by atoms with Gasteiger partial charge in [0.05, 0.1) is 5.52 Å². The summed E-state index contributed by atoms with van der Waals surface area (Å²) in [7, 11) is 0. The molecule has 0 amide bonds. The summed E-state index contributed by atoms with van der Waals surface area (Å²) in [5.74, 6) is 0.703. The van der Waals surface area contributed by atoms with E-state index in [1.165, 1.54) is 0 Å². The van der Waals surface area contributed by atoms with Crippen LogP contribution >= 0.6 is 0 Å². The Morgan fingerprint density at radius 3 is 2.61 bits per heavy atom. The molecule has 18 heavy (non-hydrogen) atoms. The number of nitrogens with one attached hydrogen (secondary N) is 1. The quantitative estimate of drug-likeness (QED) is 0.781. The predicted octanol–water partition coefficient (Wildman–Crippen LogP) is 1.46. The number of hydrogen-bond acceptors (Lipinski definition) is 5. The molecule has 0 unspecified atom stereocenters. The second-order valence-electron chi connectivity index (χ2n) is 4.03. The van der Waals surface area contributed by atoms with E-state index in [1.807, 2.05) is 24.3 Å². The molecule has 0 fully saturated rings. The molecule has 1 aromatic carbocycles. The molecular formula is C13H19N5. The number of rotatable bonds is 6. The van der Waals surface area contributed by atoms with Gasteiger partial charge in [-0.15, -0.1) is 10.2 Å². The molecule has 2 aromatic rings. The van der Waals surface area contributed by atoms with E-state index in [0.29, 0.717) is 5.95 Å². The molecule has 0 aliphatic rings.